The molecule has 0 unspecified atom stereocenters. The first kappa shape index (κ1) is 11.1. The van der Waals surface area contributed by atoms with Crippen molar-refractivity contribution in [1.82, 2.24) is 4.90 Å². The lowest BCUT2D eigenvalue weighted by Crippen LogP contribution is -2.21. The van der Waals surface area contributed by atoms with Gasteiger partial charge in [-0.3, -0.25) is 0 Å². The summed E-state index contributed by atoms with van der Waals surface area (Å²) in [6, 6.07) is 6.87. The Morgan fingerprint density at radius 1 is 1.36 bits per heavy atom. The summed E-state index contributed by atoms with van der Waals surface area (Å²) >= 11 is 0. The summed E-state index contributed by atoms with van der Waals surface area (Å²) in [5.74, 6) is -0.132. The third-order valence-corrected chi connectivity index (χ3v) is 2.14. The van der Waals surface area contributed by atoms with Crippen LogP contribution >= 0.6 is 0 Å². The third kappa shape index (κ3) is 3.44. The Kier molecular flexibility index (Phi) is 4.56. The molecule has 0 aliphatic rings. The summed E-state index contributed by atoms with van der Waals surface area (Å²) in [4.78, 5) is 2.07. The molecule has 0 amide bonds. The van der Waals surface area contributed by atoms with Crippen molar-refractivity contribution in [3.63, 3.8) is 0 Å². The second-order valence-corrected chi connectivity index (χ2v) is 3.47. The molecule has 1 aromatic carbocycles. The second kappa shape index (κ2) is 5.73. The van der Waals surface area contributed by atoms with Crippen LogP contribution in [0.4, 0.5) is 4.39 Å². The molecule has 2 nitrogen and oxygen atoms in total. The zero-order valence-electron chi connectivity index (χ0n) is 8.54. The maximum atomic E-state index is 13.2. The lowest BCUT2D eigenvalue weighted by atomic mass is 10.2. The number of benzene rings is 1. The van der Waals surface area contributed by atoms with Crippen molar-refractivity contribution >= 4 is 0 Å². The van der Waals surface area contributed by atoms with Gasteiger partial charge in [-0.25, -0.2) is 4.39 Å². The van der Waals surface area contributed by atoms with E-state index in [2.05, 4.69) is 4.90 Å². The van der Waals surface area contributed by atoms with E-state index < -0.39 is 0 Å². The summed E-state index contributed by atoms with van der Waals surface area (Å²) in [5.41, 5.74) is 6.14. The van der Waals surface area contributed by atoms with Gasteiger partial charge in [0.15, 0.2) is 0 Å². The van der Waals surface area contributed by atoms with Gasteiger partial charge >= 0.3 is 0 Å². The van der Waals surface area contributed by atoms with Crippen LogP contribution in [0.25, 0.3) is 0 Å². The molecule has 0 heterocycles. The van der Waals surface area contributed by atoms with Crippen LogP contribution in [0, 0.1) is 5.82 Å². The lowest BCUT2D eigenvalue weighted by Gasteiger charge is -2.16. The lowest BCUT2D eigenvalue weighted by molar-refractivity contribution is 0.319. The van der Waals surface area contributed by atoms with Gasteiger partial charge in [0.05, 0.1) is 0 Å². The van der Waals surface area contributed by atoms with Crippen molar-refractivity contribution in [3.05, 3.63) is 35.6 Å². The second-order valence-electron chi connectivity index (χ2n) is 3.47. The smallest absolute Gasteiger partial charge is 0.127 e. The molecular formula is C11H17FN2. The summed E-state index contributed by atoms with van der Waals surface area (Å²) < 4.78 is 13.2. The minimum atomic E-state index is -0.132. The van der Waals surface area contributed by atoms with E-state index in [0.29, 0.717) is 13.1 Å². The van der Waals surface area contributed by atoms with Gasteiger partial charge < -0.3 is 10.6 Å². The number of hydrogen-bond donors (Lipinski definition) is 1. The molecule has 3 heteroatoms. The number of hydrogen-bond acceptors (Lipinski definition) is 2. The maximum Gasteiger partial charge on any atom is 0.127 e. The molecule has 0 saturated heterocycles. The van der Waals surface area contributed by atoms with Gasteiger partial charge in [-0.15, -0.1) is 0 Å². The Morgan fingerprint density at radius 3 is 2.71 bits per heavy atom. The number of rotatable bonds is 5. The molecule has 0 aromatic heterocycles. The van der Waals surface area contributed by atoms with Crippen molar-refractivity contribution in [2.24, 2.45) is 5.73 Å². The molecule has 78 valence electrons. The van der Waals surface area contributed by atoms with Crippen molar-refractivity contribution in [1.29, 1.82) is 0 Å². The van der Waals surface area contributed by atoms with Gasteiger partial charge in [0.2, 0.25) is 0 Å². The average Bonchev–Trinajstić information content (AvgIpc) is 2.18. The molecule has 0 radical (unpaired) electrons. The van der Waals surface area contributed by atoms with Crippen molar-refractivity contribution in [2.75, 3.05) is 20.1 Å². The van der Waals surface area contributed by atoms with Crippen LogP contribution in [-0.4, -0.2) is 25.0 Å². The summed E-state index contributed by atoms with van der Waals surface area (Å²) in [6.45, 7) is 2.24. The quantitative estimate of drug-likeness (QED) is 0.775. The van der Waals surface area contributed by atoms with Gasteiger partial charge in [0, 0.05) is 12.1 Å². The first-order valence-electron chi connectivity index (χ1n) is 4.86. The third-order valence-electron chi connectivity index (χ3n) is 2.14. The fourth-order valence-electron chi connectivity index (χ4n) is 1.36. The van der Waals surface area contributed by atoms with Crippen LogP contribution in [0.5, 0.6) is 0 Å². The molecule has 2 N–H and O–H groups in total. The summed E-state index contributed by atoms with van der Waals surface area (Å²) in [7, 11) is 1.97. The molecule has 14 heavy (non-hydrogen) atoms. The van der Waals surface area contributed by atoms with E-state index in [4.69, 9.17) is 5.73 Å². The highest BCUT2D eigenvalue weighted by Gasteiger charge is 2.03. The SMILES string of the molecule is CN(CCCN)Cc1ccccc1F. The fourth-order valence-corrected chi connectivity index (χ4v) is 1.36. The minimum Gasteiger partial charge on any atom is -0.330 e. The van der Waals surface area contributed by atoms with E-state index in [9.17, 15) is 4.39 Å². The molecular weight excluding hydrogens is 179 g/mol. The van der Waals surface area contributed by atoms with Crippen molar-refractivity contribution in [2.45, 2.75) is 13.0 Å². The number of halogens is 1. The molecule has 0 aliphatic heterocycles. The van der Waals surface area contributed by atoms with E-state index in [-0.39, 0.29) is 5.82 Å². The maximum absolute atomic E-state index is 13.2. The van der Waals surface area contributed by atoms with E-state index >= 15 is 0 Å². The van der Waals surface area contributed by atoms with E-state index in [1.807, 2.05) is 19.2 Å². The fraction of sp³-hybridized carbons (Fsp3) is 0.455. The van der Waals surface area contributed by atoms with Crippen LogP contribution in [0.2, 0.25) is 0 Å². The first-order chi connectivity index (χ1) is 6.74. The Balaban J connectivity index is 2.47. The monoisotopic (exact) mass is 196 g/mol. The molecule has 0 saturated carbocycles. The van der Waals surface area contributed by atoms with Crippen LogP contribution in [-0.2, 0) is 6.54 Å². The van der Waals surface area contributed by atoms with Gasteiger partial charge in [-0.05, 0) is 32.6 Å². The highest BCUT2D eigenvalue weighted by molar-refractivity contribution is 5.16. The predicted molar refractivity (Wildman–Crippen MR) is 56.4 cm³/mol. The van der Waals surface area contributed by atoms with Crippen LogP contribution in [0.3, 0.4) is 0 Å². The molecule has 0 atom stereocenters. The molecule has 0 spiro atoms. The molecule has 1 rings (SSSR count). The van der Waals surface area contributed by atoms with Gasteiger partial charge in [0.25, 0.3) is 0 Å². The number of nitrogens with two attached hydrogens (primary N) is 1. The van der Waals surface area contributed by atoms with E-state index in [1.165, 1.54) is 6.07 Å². The van der Waals surface area contributed by atoms with E-state index in [0.717, 1.165) is 18.5 Å². The average molecular weight is 196 g/mol. The Bertz CT molecular complexity index is 276. The standard InChI is InChI=1S/C11H17FN2/c1-14(8-4-7-13)9-10-5-2-3-6-11(10)12/h2-3,5-6H,4,7-9,13H2,1H3. The summed E-state index contributed by atoms with van der Waals surface area (Å²) in [6.07, 6.45) is 0.949. The van der Waals surface area contributed by atoms with Crippen LogP contribution < -0.4 is 5.73 Å². The van der Waals surface area contributed by atoms with Crippen molar-refractivity contribution < 1.29 is 4.39 Å². The highest BCUT2D eigenvalue weighted by atomic mass is 19.1. The summed E-state index contributed by atoms with van der Waals surface area (Å²) in [5, 5.41) is 0. The first-order valence-corrected chi connectivity index (χ1v) is 4.86. The van der Waals surface area contributed by atoms with Crippen LogP contribution in [0.15, 0.2) is 24.3 Å². The van der Waals surface area contributed by atoms with Gasteiger partial charge in [-0.2, -0.15) is 0 Å². The molecule has 0 aliphatic carbocycles. The Morgan fingerprint density at radius 2 is 2.07 bits per heavy atom. The predicted octanol–water partition coefficient (Wildman–Crippen LogP) is 1.61. The van der Waals surface area contributed by atoms with E-state index in [1.54, 1.807) is 6.07 Å². The molecule has 1 aromatic rings. The van der Waals surface area contributed by atoms with Crippen LogP contribution in [0.1, 0.15) is 12.0 Å². The highest BCUT2D eigenvalue weighted by Crippen LogP contribution is 2.08. The Labute approximate surface area is 84.5 Å². The number of nitrogens with zero attached hydrogens (tertiary/aromatic N) is 1. The minimum absolute atomic E-state index is 0.132. The molecule has 0 bridgehead atoms. The largest absolute Gasteiger partial charge is 0.330 e. The Hall–Kier alpha value is -0.930. The van der Waals surface area contributed by atoms with Gasteiger partial charge in [-0.1, -0.05) is 18.2 Å². The van der Waals surface area contributed by atoms with Gasteiger partial charge in [0.1, 0.15) is 5.82 Å². The normalized spacial score (nSPS) is 10.9. The molecule has 0 fully saturated rings. The topological polar surface area (TPSA) is 29.3 Å². The van der Waals surface area contributed by atoms with Crippen molar-refractivity contribution in [3.8, 4) is 0 Å². The zero-order valence-corrected chi connectivity index (χ0v) is 8.54. The zero-order chi connectivity index (χ0) is 10.4.